The van der Waals surface area contributed by atoms with Crippen LogP contribution in [0.5, 0.6) is 0 Å². The summed E-state index contributed by atoms with van der Waals surface area (Å²) in [5.74, 6) is 0.737. The van der Waals surface area contributed by atoms with Gasteiger partial charge in [-0.3, -0.25) is 4.79 Å². The minimum Gasteiger partial charge on any atom is -0.382 e. The van der Waals surface area contributed by atoms with Gasteiger partial charge in [0.1, 0.15) is 0 Å². The van der Waals surface area contributed by atoms with Crippen molar-refractivity contribution < 1.29 is 4.79 Å². The molecule has 0 aliphatic carbocycles. The number of nitrogens with one attached hydrogen (secondary N) is 1. The lowest BCUT2D eigenvalue weighted by Gasteiger charge is -2.24. The Morgan fingerprint density at radius 1 is 1.40 bits per heavy atom. The van der Waals surface area contributed by atoms with Crippen molar-refractivity contribution in [2.45, 2.75) is 39.2 Å². The van der Waals surface area contributed by atoms with Crippen LogP contribution in [0.4, 0.5) is 5.69 Å². The van der Waals surface area contributed by atoms with Gasteiger partial charge in [0.15, 0.2) is 5.78 Å². The van der Waals surface area contributed by atoms with Crippen LogP contribution in [0.25, 0.3) is 0 Å². The van der Waals surface area contributed by atoms with Crippen LogP contribution in [-0.4, -0.2) is 11.8 Å². The number of benzene rings is 1. The molecule has 1 aliphatic heterocycles. The molecule has 0 radical (unpaired) electrons. The van der Waals surface area contributed by atoms with Crippen molar-refractivity contribution in [2.24, 2.45) is 0 Å². The quantitative estimate of drug-likeness (QED) is 0.759. The summed E-state index contributed by atoms with van der Waals surface area (Å²) in [5.41, 5.74) is 3.08. The fourth-order valence-electron chi connectivity index (χ4n) is 1.98. The first kappa shape index (κ1) is 10.2. The van der Waals surface area contributed by atoms with Crippen LogP contribution in [0.3, 0.4) is 0 Å². The Kier molecular flexibility index (Phi) is 2.51. The first-order chi connectivity index (χ1) is 7.08. The van der Waals surface area contributed by atoms with Crippen molar-refractivity contribution in [3.05, 3.63) is 29.3 Å². The smallest absolute Gasteiger partial charge is 0.166 e. The van der Waals surface area contributed by atoms with Gasteiger partial charge in [-0.25, -0.2) is 0 Å². The molecule has 0 fully saturated rings. The van der Waals surface area contributed by atoms with Crippen LogP contribution in [0.1, 0.15) is 49.0 Å². The lowest BCUT2D eigenvalue weighted by atomic mass is 9.93. The van der Waals surface area contributed by atoms with Crippen molar-refractivity contribution >= 4 is 11.5 Å². The van der Waals surface area contributed by atoms with E-state index < -0.39 is 0 Å². The van der Waals surface area contributed by atoms with Gasteiger partial charge in [0.05, 0.1) is 0 Å². The van der Waals surface area contributed by atoms with E-state index in [1.165, 1.54) is 5.56 Å². The van der Waals surface area contributed by atoms with Crippen molar-refractivity contribution in [3.8, 4) is 0 Å². The number of carbonyl (C=O) groups excluding carboxylic acids is 1. The first-order valence-electron chi connectivity index (χ1n) is 5.51. The zero-order valence-corrected chi connectivity index (χ0v) is 9.50. The van der Waals surface area contributed by atoms with E-state index >= 15 is 0 Å². The van der Waals surface area contributed by atoms with Gasteiger partial charge < -0.3 is 5.32 Å². The standard InChI is InChI=1S/C13H17NO/c1-8(2)10-4-5-12-11(7-10)13(15)6-9(3)14-12/h4-5,7-9,14H,6H2,1-3H3. The van der Waals surface area contributed by atoms with E-state index in [4.69, 9.17) is 0 Å². The number of carbonyl (C=O) groups is 1. The minimum atomic E-state index is 0.259. The molecule has 1 heterocycles. The number of hydrogen-bond acceptors (Lipinski definition) is 2. The summed E-state index contributed by atoms with van der Waals surface area (Å²) < 4.78 is 0. The van der Waals surface area contributed by atoms with Crippen molar-refractivity contribution in [1.82, 2.24) is 0 Å². The Balaban J connectivity index is 2.44. The van der Waals surface area contributed by atoms with E-state index in [-0.39, 0.29) is 11.8 Å². The molecule has 1 atom stereocenters. The Hall–Kier alpha value is -1.31. The topological polar surface area (TPSA) is 29.1 Å². The molecule has 0 saturated heterocycles. The molecule has 2 heteroatoms. The molecule has 0 bridgehead atoms. The van der Waals surface area contributed by atoms with E-state index in [2.05, 4.69) is 25.2 Å². The summed E-state index contributed by atoms with van der Waals surface area (Å²) in [6.45, 7) is 6.33. The third-order valence-electron chi connectivity index (χ3n) is 2.90. The SMILES string of the molecule is CC1CC(=O)c2cc(C(C)C)ccc2N1. The largest absolute Gasteiger partial charge is 0.382 e. The fraction of sp³-hybridized carbons (Fsp3) is 0.462. The molecule has 0 aromatic heterocycles. The van der Waals surface area contributed by atoms with E-state index in [0.717, 1.165) is 11.3 Å². The molecule has 1 aliphatic rings. The number of anilines is 1. The summed E-state index contributed by atoms with van der Waals surface area (Å²) in [4.78, 5) is 11.8. The highest BCUT2D eigenvalue weighted by atomic mass is 16.1. The maximum Gasteiger partial charge on any atom is 0.166 e. The molecule has 2 nitrogen and oxygen atoms in total. The monoisotopic (exact) mass is 203 g/mol. The third kappa shape index (κ3) is 1.89. The predicted octanol–water partition coefficient (Wildman–Crippen LogP) is 3.20. The third-order valence-corrected chi connectivity index (χ3v) is 2.90. The maximum atomic E-state index is 11.8. The van der Waals surface area contributed by atoms with Gasteiger partial charge in [0, 0.05) is 23.7 Å². The van der Waals surface area contributed by atoms with Crippen molar-refractivity contribution in [1.29, 1.82) is 0 Å². The second-order valence-electron chi connectivity index (χ2n) is 4.63. The Morgan fingerprint density at radius 2 is 2.13 bits per heavy atom. The van der Waals surface area contributed by atoms with Gasteiger partial charge in [0.2, 0.25) is 0 Å². The van der Waals surface area contributed by atoms with Gasteiger partial charge >= 0.3 is 0 Å². The molecule has 1 N–H and O–H groups in total. The number of ketones is 1. The second-order valence-corrected chi connectivity index (χ2v) is 4.63. The average Bonchev–Trinajstić information content (AvgIpc) is 2.16. The summed E-state index contributed by atoms with van der Waals surface area (Å²) in [7, 11) is 0. The number of hydrogen-bond donors (Lipinski definition) is 1. The highest BCUT2D eigenvalue weighted by molar-refractivity contribution is 6.03. The Morgan fingerprint density at radius 3 is 2.80 bits per heavy atom. The molecular formula is C13H17NO. The summed E-state index contributed by atoms with van der Waals surface area (Å²) in [6, 6.07) is 6.41. The van der Waals surface area contributed by atoms with Crippen molar-refractivity contribution in [3.63, 3.8) is 0 Å². The van der Waals surface area contributed by atoms with Crippen LogP contribution in [0.15, 0.2) is 18.2 Å². The van der Waals surface area contributed by atoms with E-state index in [1.54, 1.807) is 0 Å². The normalized spacial score (nSPS) is 20.0. The zero-order valence-electron chi connectivity index (χ0n) is 9.50. The fourth-order valence-corrected chi connectivity index (χ4v) is 1.98. The summed E-state index contributed by atoms with van der Waals surface area (Å²) >= 11 is 0. The molecule has 1 unspecified atom stereocenters. The zero-order chi connectivity index (χ0) is 11.0. The van der Waals surface area contributed by atoms with Crippen LogP contribution >= 0.6 is 0 Å². The minimum absolute atomic E-state index is 0.259. The predicted molar refractivity (Wildman–Crippen MR) is 62.6 cm³/mol. The average molecular weight is 203 g/mol. The van der Waals surface area contributed by atoms with Gasteiger partial charge in [-0.15, -0.1) is 0 Å². The van der Waals surface area contributed by atoms with Crippen LogP contribution < -0.4 is 5.32 Å². The Labute approximate surface area is 90.7 Å². The number of rotatable bonds is 1. The van der Waals surface area contributed by atoms with Crippen LogP contribution in [0.2, 0.25) is 0 Å². The molecule has 80 valence electrons. The highest BCUT2D eigenvalue weighted by Gasteiger charge is 2.21. The van der Waals surface area contributed by atoms with Gasteiger partial charge in [-0.1, -0.05) is 19.9 Å². The van der Waals surface area contributed by atoms with E-state index in [1.807, 2.05) is 19.1 Å². The van der Waals surface area contributed by atoms with Crippen molar-refractivity contribution in [2.75, 3.05) is 5.32 Å². The molecule has 0 amide bonds. The van der Waals surface area contributed by atoms with E-state index in [0.29, 0.717) is 12.3 Å². The maximum absolute atomic E-state index is 11.8. The molecule has 15 heavy (non-hydrogen) atoms. The lowest BCUT2D eigenvalue weighted by molar-refractivity contribution is 0.0974. The lowest BCUT2D eigenvalue weighted by Crippen LogP contribution is -2.26. The molecular weight excluding hydrogens is 186 g/mol. The summed E-state index contributed by atoms with van der Waals surface area (Å²) in [5, 5.41) is 3.34. The van der Waals surface area contributed by atoms with Crippen LogP contribution in [0, 0.1) is 0 Å². The summed E-state index contributed by atoms with van der Waals surface area (Å²) in [6.07, 6.45) is 0.606. The van der Waals surface area contributed by atoms with Gasteiger partial charge in [0.25, 0.3) is 0 Å². The van der Waals surface area contributed by atoms with Gasteiger partial charge in [-0.05, 0) is 30.5 Å². The molecule has 2 rings (SSSR count). The number of Topliss-reactive ketones (excluding diaryl/α,β-unsaturated/α-hetero) is 1. The van der Waals surface area contributed by atoms with Crippen LogP contribution in [-0.2, 0) is 0 Å². The molecule has 0 spiro atoms. The highest BCUT2D eigenvalue weighted by Crippen LogP contribution is 2.28. The molecule has 1 aromatic rings. The Bertz CT molecular complexity index is 396. The number of fused-ring (bicyclic) bond motifs is 1. The molecule has 0 saturated carbocycles. The van der Waals surface area contributed by atoms with E-state index in [9.17, 15) is 4.79 Å². The molecule has 1 aromatic carbocycles. The first-order valence-corrected chi connectivity index (χ1v) is 5.51. The second kappa shape index (κ2) is 3.69. The van der Waals surface area contributed by atoms with Gasteiger partial charge in [-0.2, -0.15) is 0 Å².